The lowest BCUT2D eigenvalue weighted by Crippen LogP contribution is -2.49. The molecule has 5 rings (SSSR count). The highest BCUT2D eigenvalue weighted by Crippen LogP contribution is 2.39. The van der Waals surface area contributed by atoms with Gasteiger partial charge in [-0.05, 0) is 91.0 Å². The highest BCUT2D eigenvalue weighted by Gasteiger charge is 2.40. The number of piperidine rings is 1. The average molecular weight is 618 g/mol. The summed E-state index contributed by atoms with van der Waals surface area (Å²) in [5.74, 6) is 0.380. The van der Waals surface area contributed by atoms with E-state index in [2.05, 4.69) is 29.2 Å². The van der Waals surface area contributed by atoms with Gasteiger partial charge in [-0.2, -0.15) is 13.2 Å². The van der Waals surface area contributed by atoms with Crippen LogP contribution in [0.3, 0.4) is 0 Å². The molecule has 9 heteroatoms. The van der Waals surface area contributed by atoms with Crippen molar-refractivity contribution in [1.29, 1.82) is 0 Å². The number of carboxylic acid groups (broad SMARTS) is 1. The molecule has 0 bridgehead atoms. The van der Waals surface area contributed by atoms with E-state index in [0.29, 0.717) is 25.6 Å². The third-order valence-electron chi connectivity index (χ3n) is 8.55. The third kappa shape index (κ3) is 9.46. The number of ether oxygens (including phenoxy) is 2. The molecule has 3 aromatic rings. The Bertz CT molecular complexity index is 1310. The quantitative estimate of drug-likeness (QED) is 0.252. The van der Waals surface area contributed by atoms with Crippen molar-refractivity contribution in [3.05, 3.63) is 101 Å². The van der Waals surface area contributed by atoms with Gasteiger partial charge in [-0.1, -0.05) is 48.5 Å². The molecule has 1 N–H and O–H groups in total. The summed E-state index contributed by atoms with van der Waals surface area (Å²) in [6.07, 6.45) is 0.966. The summed E-state index contributed by atoms with van der Waals surface area (Å²) in [5.41, 5.74) is 3.56. The number of hydrogen-bond donors (Lipinski definition) is 1. The van der Waals surface area contributed by atoms with Crippen LogP contribution in [0.25, 0.3) is 0 Å². The molecule has 0 aliphatic carbocycles. The van der Waals surface area contributed by atoms with Gasteiger partial charge in [0, 0.05) is 32.7 Å². The fraction of sp³-hybridized carbons (Fsp3) is 0.441. The third-order valence-corrected chi connectivity index (χ3v) is 8.55. The molecule has 2 fully saturated rings. The number of benzene rings is 3. The van der Waals surface area contributed by atoms with Gasteiger partial charge in [-0.3, -0.25) is 9.69 Å². The minimum Gasteiger partial charge on any atom is -0.489 e. The van der Waals surface area contributed by atoms with Crippen LogP contribution >= 0.6 is 12.4 Å². The van der Waals surface area contributed by atoms with Gasteiger partial charge in [-0.15, -0.1) is 12.4 Å². The first-order valence-electron chi connectivity index (χ1n) is 14.7. The summed E-state index contributed by atoms with van der Waals surface area (Å²) in [4.78, 5) is 13.2. The second-order valence-electron chi connectivity index (χ2n) is 11.7. The molecule has 2 aliphatic heterocycles. The summed E-state index contributed by atoms with van der Waals surface area (Å²) in [7, 11) is 0. The SMILES string of the molecule is Cl.O=C(O)CCc1ccc(OCc2ccc(CN3CCC4(CC3)CC(Cc3ccc(C(F)(F)F)cc3)CCO4)cc2)cc1. The summed E-state index contributed by atoms with van der Waals surface area (Å²) < 4.78 is 50.9. The van der Waals surface area contributed by atoms with Gasteiger partial charge in [0.1, 0.15) is 12.4 Å². The summed E-state index contributed by atoms with van der Waals surface area (Å²) in [6, 6.07) is 21.7. The molecule has 3 aromatic carbocycles. The number of aliphatic carboxylic acids is 1. The lowest BCUT2D eigenvalue weighted by molar-refractivity contribution is -0.138. The van der Waals surface area contributed by atoms with Gasteiger partial charge in [0.15, 0.2) is 0 Å². The molecule has 2 saturated heterocycles. The van der Waals surface area contributed by atoms with Crippen molar-refractivity contribution < 1.29 is 32.5 Å². The lowest BCUT2D eigenvalue weighted by Gasteiger charge is -2.46. The van der Waals surface area contributed by atoms with Crippen LogP contribution in [-0.2, 0) is 41.7 Å². The maximum Gasteiger partial charge on any atom is 0.416 e. The second kappa shape index (κ2) is 14.6. The molecule has 2 aliphatic rings. The van der Waals surface area contributed by atoms with E-state index in [1.165, 1.54) is 17.7 Å². The largest absolute Gasteiger partial charge is 0.489 e. The molecule has 1 spiro atoms. The highest BCUT2D eigenvalue weighted by atomic mass is 35.5. The van der Waals surface area contributed by atoms with Crippen molar-refractivity contribution in [2.75, 3.05) is 19.7 Å². The predicted molar refractivity (Wildman–Crippen MR) is 161 cm³/mol. The molecule has 0 aromatic heterocycles. The number of likely N-dealkylation sites (tertiary alicyclic amines) is 1. The molecular weight excluding hydrogens is 579 g/mol. The van der Waals surface area contributed by atoms with Gasteiger partial charge < -0.3 is 14.6 Å². The van der Waals surface area contributed by atoms with Crippen LogP contribution in [0.5, 0.6) is 5.75 Å². The van der Waals surface area contributed by atoms with E-state index in [1.807, 2.05) is 24.3 Å². The smallest absolute Gasteiger partial charge is 0.416 e. The number of carbonyl (C=O) groups is 1. The van der Waals surface area contributed by atoms with E-state index in [9.17, 15) is 18.0 Å². The maximum atomic E-state index is 12.9. The van der Waals surface area contributed by atoms with E-state index >= 15 is 0 Å². The van der Waals surface area contributed by atoms with Gasteiger partial charge in [0.2, 0.25) is 0 Å². The fourth-order valence-electron chi connectivity index (χ4n) is 6.10. The van der Waals surface area contributed by atoms with Crippen LogP contribution < -0.4 is 4.74 Å². The first-order chi connectivity index (χ1) is 20.2. The first kappa shape index (κ1) is 32.8. The Labute approximate surface area is 257 Å². The van der Waals surface area contributed by atoms with Crippen LogP contribution in [0.1, 0.15) is 59.9 Å². The standard InChI is InChI=1S/C34H38F3NO4.ClH/c35-34(36,37)30-10-5-26(6-11-30)21-29-15-20-42-33(22-29)16-18-38(19-17-33)23-27-1-3-28(4-2-27)24-41-31-12-7-25(8-13-31)9-14-32(39)40;/h1-8,10-13,29H,9,14-24H2,(H,39,40);1H. The number of hydrogen-bond acceptors (Lipinski definition) is 4. The topological polar surface area (TPSA) is 59.0 Å². The molecule has 1 unspecified atom stereocenters. The molecule has 0 radical (unpaired) electrons. The second-order valence-corrected chi connectivity index (χ2v) is 11.7. The number of carboxylic acids is 1. The van der Waals surface area contributed by atoms with E-state index in [-0.39, 0.29) is 24.4 Å². The molecule has 43 heavy (non-hydrogen) atoms. The monoisotopic (exact) mass is 617 g/mol. The zero-order chi connectivity index (χ0) is 29.6. The summed E-state index contributed by atoms with van der Waals surface area (Å²) >= 11 is 0. The van der Waals surface area contributed by atoms with Crippen molar-refractivity contribution in [3.8, 4) is 5.75 Å². The number of halogens is 4. The molecule has 232 valence electrons. The van der Waals surface area contributed by atoms with Crippen LogP contribution in [-0.4, -0.2) is 41.3 Å². The minimum atomic E-state index is -4.30. The van der Waals surface area contributed by atoms with Crippen LogP contribution in [0.2, 0.25) is 0 Å². The van der Waals surface area contributed by atoms with Gasteiger partial charge in [0.05, 0.1) is 11.2 Å². The van der Waals surface area contributed by atoms with Crippen molar-refractivity contribution in [1.82, 2.24) is 4.90 Å². The summed E-state index contributed by atoms with van der Waals surface area (Å²) in [6.45, 7) is 3.97. The van der Waals surface area contributed by atoms with Gasteiger partial charge in [0.25, 0.3) is 0 Å². The van der Waals surface area contributed by atoms with E-state index in [0.717, 1.165) is 74.2 Å². The van der Waals surface area contributed by atoms with Crippen molar-refractivity contribution in [2.24, 2.45) is 5.92 Å². The maximum absolute atomic E-state index is 12.9. The Kier molecular flexibility index (Phi) is 11.2. The Morgan fingerprint density at radius 3 is 2.14 bits per heavy atom. The Balaban J connectivity index is 0.00000423. The zero-order valence-electron chi connectivity index (χ0n) is 24.2. The highest BCUT2D eigenvalue weighted by molar-refractivity contribution is 5.85. The van der Waals surface area contributed by atoms with Crippen molar-refractivity contribution >= 4 is 18.4 Å². The van der Waals surface area contributed by atoms with E-state index in [4.69, 9.17) is 14.6 Å². The molecule has 0 saturated carbocycles. The number of nitrogens with zero attached hydrogens (tertiary/aromatic N) is 1. The Morgan fingerprint density at radius 1 is 0.907 bits per heavy atom. The predicted octanol–water partition coefficient (Wildman–Crippen LogP) is 7.73. The average Bonchev–Trinajstić information content (AvgIpc) is 2.97. The zero-order valence-corrected chi connectivity index (χ0v) is 25.0. The van der Waals surface area contributed by atoms with Crippen LogP contribution in [0.4, 0.5) is 13.2 Å². The Morgan fingerprint density at radius 2 is 1.51 bits per heavy atom. The van der Waals surface area contributed by atoms with E-state index < -0.39 is 17.7 Å². The van der Waals surface area contributed by atoms with Crippen molar-refractivity contribution in [3.63, 3.8) is 0 Å². The Hall–Kier alpha value is -3.07. The summed E-state index contributed by atoms with van der Waals surface area (Å²) in [5, 5.41) is 8.82. The molecule has 1 atom stereocenters. The van der Waals surface area contributed by atoms with Gasteiger partial charge in [-0.25, -0.2) is 0 Å². The molecular formula is C34H39ClF3NO4. The van der Waals surface area contributed by atoms with Crippen LogP contribution in [0, 0.1) is 5.92 Å². The lowest BCUT2D eigenvalue weighted by atomic mass is 9.77. The number of aryl methyl sites for hydroxylation is 1. The van der Waals surface area contributed by atoms with Crippen LogP contribution in [0.15, 0.2) is 72.8 Å². The number of alkyl halides is 3. The minimum absolute atomic E-state index is 0. The van der Waals surface area contributed by atoms with Gasteiger partial charge >= 0.3 is 12.1 Å². The van der Waals surface area contributed by atoms with Crippen molar-refractivity contribution in [2.45, 2.75) is 69.9 Å². The number of rotatable bonds is 10. The fourth-order valence-corrected chi connectivity index (χ4v) is 6.10. The molecule has 5 nitrogen and oxygen atoms in total. The molecule has 0 amide bonds. The normalized spacial score (nSPS) is 18.6. The first-order valence-corrected chi connectivity index (χ1v) is 14.7. The van der Waals surface area contributed by atoms with E-state index in [1.54, 1.807) is 12.1 Å². The molecule has 2 heterocycles.